The van der Waals surface area contributed by atoms with Gasteiger partial charge in [-0.25, -0.2) is 14.8 Å². The summed E-state index contributed by atoms with van der Waals surface area (Å²) < 4.78 is 7.08. The van der Waals surface area contributed by atoms with Gasteiger partial charge in [0.25, 0.3) is 5.91 Å². The molecule has 1 unspecified atom stereocenters. The molecule has 4 heterocycles. The molecule has 0 aromatic carbocycles. The van der Waals surface area contributed by atoms with Crippen LogP contribution in [0.3, 0.4) is 0 Å². The van der Waals surface area contributed by atoms with E-state index in [4.69, 9.17) is 10.5 Å². The number of aromatic nitrogens is 5. The number of ether oxygens (including phenoxy) is 1. The summed E-state index contributed by atoms with van der Waals surface area (Å²) in [4.78, 5) is 39.6. The lowest BCUT2D eigenvalue weighted by Gasteiger charge is -2.10. The fraction of sp³-hybridized carbons (Fsp3) is 0.312. The van der Waals surface area contributed by atoms with Crippen LogP contribution in [0.25, 0.3) is 22.6 Å². The standard InChI is InChI=1S/C16H16N6O3/c17-13(23)11-12-15(21-14(19-11)9-3-1-5-18-7-9)22(16(24)20-12)8-10-4-2-6-25-10/h1,3,5,7,10H,2,4,6,8H2,(H2,17,23)(H,20,24). The predicted molar refractivity (Wildman–Crippen MR) is 88.9 cm³/mol. The average molecular weight is 340 g/mol. The quantitative estimate of drug-likeness (QED) is 0.710. The number of H-pyrrole nitrogens is 1. The van der Waals surface area contributed by atoms with Gasteiger partial charge < -0.3 is 15.5 Å². The van der Waals surface area contributed by atoms with E-state index >= 15 is 0 Å². The van der Waals surface area contributed by atoms with Crippen molar-refractivity contribution in [1.82, 2.24) is 24.5 Å². The number of carbonyl (C=O) groups excluding carboxylic acids is 1. The first-order valence-corrected chi connectivity index (χ1v) is 7.96. The Kier molecular flexibility index (Phi) is 3.77. The Hall–Kier alpha value is -3.07. The number of nitrogens with two attached hydrogens (primary N) is 1. The number of imidazole rings is 1. The minimum absolute atomic E-state index is 0.0213. The highest BCUT2D eigenvalue weighted by atomic mass is 16.5. The van der Waals surface area contributed by atoms with Gasteiger partial charge in [-0.05, 0) is 25.0 Å². The topological polar surface area (TPSA) is 129 Å². The monoisotopic (exact) mass is 340 g/mol. The van der Waals surface area contributed by atoms with Crippen molar-refractivity contribution in [1.29, 1.82) is 0 Å². The van der Waals surface area contributed by atoms with Crippen molar-refractivity contribution in [2.45, 2.75) is 25.5 Å². The third-order valence-electron chi connectivity index (χ3n) is 4.19. The fourth-order valence-corrected chi connectivity index (χ4v) is 2.99. The van der Waals surface area contributed by atoms with Gasteiger partial charge in [0.1, 0.15) is 5.52 Å². The van der Waals surface area contributed by atoms with Crippen molar-refractivity contribution < 1.29 is 9.53 Å². The van der Waals surface area contributed by atoms with Crippen molar-refractivity contribution >= 4 is 17.1 Å². The zero-order valence-electron chi connectivity index (χ0n) is 13.3. The smallest absolute Gasteiger partial charge is 0.327 e. The maximum absolute atomic E-state index is 12.4. The lowest BCUT2D eigenvalue weighted by atomic mass is 10.2. The number of hydrogen-bond acceptors (Lipinski definition) is 6. The molecule has 1 aliphatic rings. The molecule has 1 amide bonds. The third kappa shape index (κ3) is 2.78. The zero-order chi connectivity index (χ0) is 17.4. The normalized spacial score (nSPS) is 17.2. The molecular weight excluding hydrogens is 324 g/mol. The van der Waals surface area contributed by atoms with Crippen LogP contribution >= 0.6 is 0 Å². The second-order valence-corrected chi connectivity index (χ2v) is 5.88. The van der Waals surface area contributed by atoms with E-state index in [9.17, 15) is 9.59 Å². The number of primary amides is 1. The van der Waals surface area contributed by atoms with Crippen LogP contribution in [-0.4, -0.2) is 43.1 Å². The number of nitrogens with one attached hydrogen (secondary N) is 1. The second-order valence-electron chi connectivity index (χ2n) is 5.88. The molecule has 1 aliphatic heterocycles. The van der Waals surface area contributed by atoms with Gasteiger partial charge in [0.2, 0.25) is 0 Å². The van der Waals surface area contributed by atoms with E-state index in [1.807, 2.05) is 0 Å². The molecule has 1 fully saturated rings. The number of amides is 1. The van der Waals surface area contributed by atoms with Gasteiger partial charge in [-0.1, -0.05) is 0 Å². The van der Waals surface area contributed by atoms with Crippen LogP contribution in [0.15, 0.2) is 29.3 Å². The molecule has 3 aromatic heterocycles. The highest BCUT2D eigenvalue weighted by molar-refractivity contribution is 6.01. The molecule has 0 bridgehead atoms. The summed E-state index contributed by atoms with van der Waals surface area (Å²) >= 11 is 0. The molecular formula is C16H16N6O3. The Bertz CT molecular complexity index is 988. The summed E-state index contributed by atoms with van der Waals surface area (Å²) in [6.45, 7) is 1.05. The molecule has 0 spiro atoms. The highest BCUT2D eigenvalue weighted by Gasteiger charge is 2.23. The molecule has 3 N–H and O–H groups in total. The average Bonchev–Trinajstić information content (AvgIpc) is 3.23. The Morgan fingerprint density at radius 2 is 2.32 bits per heavy atom. The molecule has 0 aliphatic carbocycles. The van der Waals surface area contributed by atoms with Crippen LogP contribution in [0.4, 0.5) is 0 Å². The van der Waals surface area contributed by atoms with Gasteiger partial charge in [-0.3, -0.25) is 14.3 Å². The maximum atomic E-state index is 12.4. The molecule has 128 valence electrons. The molecule has 1 atom stereocenters. The molecule has 9 nitrogen and oxygen atoms in total. The lowest BCUT2D eigenvalue weighted by Crippen LogP contribution is -2.24. The zero-order valence-corrected chi connectivity index (χ0v) is 13.3. The van der Waals surface area contributed by atoms with Gasteiger partial charge in [-0.15, -0.1) is 0 Å². The van der Waals surface area contributed by atoms with E-state index in [0.717, 1.165) is 12.8 Å². The first-order chi connectivity index (χ1) is 12.1. The minimum atomic E-state index is -0.733. The number of carbonyl (C=O) groups is 1. The molecule has 4 rings (SSSR count). The van der Waals surface area contributed by atoms with E-state index in [-0.39, 0.29) is 28.8 Å². The number of hydrogen-bond donors (Lipinski definition) is 2. The summed E-state index contributed by atoms with van der Waals surface area (Å²) in [6, 6.07) is 3.51. The number of pyridine rings is 1. The van der Waals surface area contributed by atoms with Gasteiger partial charge >= 0.3 is 5.69 Å². The van der Waals surface area contributed by atoms with Crippen LogP contribution in [0.5, 0.6) is 0 Å². The molecule has 9 heteroatoms. The first-order valence-electron chi connectivity index (χ1n) is 7.96. The van der Waals surface area contributed by atoms with E-state index < -0.39 is 5.91 Å². The number of fused-ring (bicyclic) bond motifs is 1. The molecule has 0 saturated carbocycles. The second kappa shape index (κ2) is 6.10. The first kappa shape index (κ1) is 15.5. The fourth-order valence-electron chi connectivity index (χ4n) is 2.99. The van der Waals surface area contributed by atoms with E-state index in [0.29, 0.717) is 24.4 Å². The van der Waals surface area contributed by atoms with Crippen molar-refractivity contribution in [3.05, 3.63) is 40.7 Å². The summed E-state index contributed by atoms with van der Waals surface area (Å²) in [7, 11) is 0. The van der Waals surface area contributed by atoms with Gasteiger partial charge in [0.15, 0.2) is 17.2 Å². The van der Waals surface area contributed by atoms with Crippen LogP contribution in [-0.2, 0) is 11.3 Å². The maximum Gasteiger partial charge on any atom is 0.327 e. The molecule has 1 saturated heterocycles. The van der Waals surface area contributed by atoms with E-state index in [1.54, 1.807) is 24.5 Å². The largest absolute Gasteiger partial charge is 0.376 e. The number of rotatable bonds is 4. The van der Waals surface area contributed by atoms with Crippen molar-refractivity contribution in [2.75, 3.05) is 6.61 Å². The predicted octanol–water partition coefficient (Wildman–Crippen LogP) is 0.459. The van der Waals surface area contributed by atoms with Gasteiger partial charge in [0, 0.05) is 24.6 Å². The molecule has 3 aromatic rings. The molecule has 25 heavy (non-hydrogen) atoms. The summed E-state index contributed by atoms with van der Waals surface area (Å²) in [5.74, 6) is -0.447. The van der Waals surface area contributed by atoms with Crippen molar-refractivity contribution in [3.8, 4) is 11.4 Å². The Morgan fingerprint density at radius 1 is 1.44 bits per heavy atom. The summed E-state index contributed by atoms with van der Waals surface area (Å²) in [6.07, 6.45) is 5.00. The summed E-state index contributed by atoms with van der Waals surface area (Å²) in [5, 5.41) is 0. The Morgan fingerprint density at radius 3 is 3.00 bits per heavy atom. The van der Waals surface area contributed by atoms with Crippen LogP contribution in [0.2, 0.25) is 0 Å². The molecule has 0 radical (unpaired) electrons. The van der Waals surface area contributed by atoms with Crippen molar-refractivity contribution in [2.24, 2.45) is 5.73 Å². The van der Waals surface area contributed by atoms with Crippen molar-refractivity contribution in [3.63, 3.8) is 0 Å². The van der Waals surface area contributed by atoms with Gasteiger partial charge in [0.05, 0.1) is 12.6 Å². The van der Waals surface area contributed by atoms with E-state index in [1.165, 1.54) is 4.57 Å². The van der Waals surface area contributed by atoms with Crippen LogP contribution in [0, 0.1) is 0 Å². The Labute approximate surface area is 141 Å². The highest BCUT2D eigenvalue weighted by Crippen LogP contribution is 2.21. The SMILES string of the molecule is NC(=O)c1nc(-c2cccnc2)nc2c1[nH]c(=O)n2CC1CCCO1. The lowest BCUT2D eigenvalue weighted by molar-refractivity contribution is 0.0970. The number of nitrogens with zero attached hydrogens (tertiary/aromatic N) is 4. The van der Waals surface area contributed by atoms with Crippen LogP contribution < -0.4 is 11.4 Å². The summed E-state index contributed by atoms with van der Waals surface area (Å²) in [5.41, 5.74) is 6.26. The minimum Gasteiger partial charge on any atom is -0.376 e. The van der Waals surface area contributed by atoms with Crippen LogP contribution in [0.1, 0.15) is 23.3 Å². The van der Waals surface area contributed by atoms with E-state index in [2.05, 4.69) is 19.9 Å². The number of aromatic amines is 1. The Balaban J connectivity index is 1.91. The van der Waals surface area contributed by atoms with Gasteiger partial charge in [-0.2, -0.15) is 0 Å². The third-order valence-corrected chi connectivity index (χ3v) is 4.19.